The molecular weight excluding hydrogens is 350 g/mol. The molecule has 1 aliphatic carbocycles. The van der Waals surface area contributed by atoms with Crippen molar-refractivity contribution in [1.82, 2.24) is 19.6 Å². The van der Waals surface area contributed by atoms with Gasteiger partial charge < -0.3 is 10.1 Å². The van der Waals surface area contributed by atoms with E-state index in [0.29, 0.717) is 11.9 Å². The van der Waals surface area contributed by atoms with Gasteiger partial charge >= 0.3 is 0 Å². The summed E-state index contributed by atoms with van der Waals surface area (Å²) in [5.41, 5.74) is 5.36. The summed E-state index contributed by atoms with van der Waals surface area (Å²) in [6, 6.07) is 4.16. The van der Waals surface area contributed by atoms with Crippen molar-refractivity contribution < 1.29 is 4.74 Å². The first kappa shape index (κ1) is 18.7. The monoisotopic (exact) mass is 379 g/mol. The fourth-order valence-electron chi connectivity index (χ4n) is 4.16. The molecule has 6 nitrogen and oxygen atoms in total. The molecule has 6 heteroatoms. The predicted molar refractivity (Wildman–Crippen MR) is 112 cm³/mol. The van der Waals surface area contributed by atoms with Crippen LogP contribution in [0.25, 0.3) is 5.65 Å². The molecule has 1 saturated carbocycles. The number of methoxy groups -OCH3 is 1. The molecule has 1 aliphatic rings. The Kier molecular flexibility index (Phi) is 4.96. The van der Waals surface area contributed by atoms with Crippen LogP contribution in [0.3, 0.4) is 0 Å². The summed E-state index contributed by atoms with van der Waals surface area (Å²) < 4.78 is 7.44. The van der Waals surface area contributed by atoms with Gasteiger partial charge in [0.1, 0.15) is 11.6 Å². The van der Waals surface area contributed by atoms with Crippen LogP contribution in [0.1, 0.15) is 61.0 Å². The van der Waals surface area contributed by atoms with Gasteiger partial charge in [-0.1, -0.05) is 19.4 Å². The van der Waals surface area contributed by atoms with E-state index in [9.17, 15) is 0 Å². The number of anilines is 2. The minimum atomic E-state index is 0.542. The minimum absolute atomic E-state index is 0.542. The van der Waals surface area contributed by atoms with E-state index in [1.807, 2.05) is 23.7 Å². The van der Waals surface area contributed by atoms with Crippen molar-refractivity contribution in [2.75, 3.05) is 12.4 Å². The smallest absolute Gasteiger partial charge is 0.232 e. The summed E-state index contributed by atoms with van der Waals surface area (Å²) >= 11 is 0. The molecule has 1 N–H and O–H groups in total. The number of nitrogens with one attached hydrogen (secondary N) is 1. The number of hydrogen-bond acceptors (Lipinski definition) is 5. The standard InChI is InChI=1S/C22H29N5O/c1-6-7-17(16-8-9-16)18-12-23-27-21(18)24-15(4)25-22(27)26-20-14(3)10-13(2)11-19(20)28-5/h10-12,16-17H,6-9H2,1-5H3,(H,24,25,26). The molecule has 28 heavy (non-hydrogen) atoms. The molecule has 1 fully saturated rings. The lowest BCUT2D eigenvalue weighted by Gasteiger charge is -2.16. The summed E-state index contributed by atoms with van der Waals surface area (Å²) in [6.45, 7) is 8.33. The predicted octanol–water partition coefficient (Wildman–Crippen LogP) is 5.10. The molecule has 1 unspecified atom stereocenters. The van der Waals surface area contributed by atoms with Gasteiger partial charge in [0.15, 0.2) is 5.65 Å². The van der Waals surface area contributed by atoms with E-state index in [2.05, 4.69) is 42.2 Å². The van der Waals surface area contributed by atoms with Gasteiger partial charge in [-0.25, -0.2) is 4.98 Å². The maximum absolute atomic E-state index is 5.60. The summed E-state index contributed by atoms with van der Waals surface area (Å²) in [6.07, 6.45) is 6.98. The van der Waals surface area contributed by atoms with Crippen molar-refractivity contribution in [3.05, 3.63) is 40.8 Å². The van der Waals surface area contributed by atoms with Gasteiger partial charge in [0.25, 0.3) is 0 Å². The molecule has 3 aromatic rings. The van der Waals surface area contributed by atoms with E-state index in [1.54, 1.807) is 7.11 Å². The number of rotatable bonds is 7. The quantitative estimate of drug-likeness (QED) is 0.619. The van der Waals surface area contributed by atoms with Crippen molar-refractivity contribution in [3.8, 4) is 5.75 Å². The topological polar surface area (TPSA) is 64.3 Å². The van der Waals surface area contributed by atoms with Crippen LogP contribution in [0.4, 0.5) is 11.6 Å². The van der Waals surface area contributed by atoms with Crippen LogP contribution in [0.15, 0.2) is 18.3 Å². The average Bonchev–Trinajstić information content (AvgIpc) is 3.41. The molecular formula is C22H29N5O. The lowest BCUT2D eigenvalue weighted by Crippen LogP contribution is -2.09. The van der Waals surface area contributed by atoms with Crippen LogP contribution < -0.4 is 10.1 Å². The van der Waals surface area contributed by atoms with Gasteiger partial charge in [-0.05, 0) is 69.1 Å². The van der Waals surface area contributed by atoms with Crippen LogP contribution in [0.5, 0.6) is 5.75 Å². The first-order chi connectivity index (χ1) is 13.5. The summed E-state index contributed by atoms with van der Waals surface area (Å²) in [7, 11) is 1.69. The fourth-order valence-corrected chi connectivity index (χ4v) is 4.16. The second kappa shape index (κ2) is 7.41. The molecule has 0 saturated heterocycles. The van der Waals surface area contributed by atoms with Crippen molar-refractivity contribution in [2.24, 2.45) is 5.92 Å². The third kappa shape index (κ3) is 3.43. The molecule has 0 amide bonds. The number of aromatic nitrogens is 4. The van der Waals surface area contributed by atoms with Crippen molar-refractivity contribution in [2.45, 2.75) is 59.3 Å². The SMILES string of the molecule is CCCC(c1cnn2c(Nc3c(C)cc(C)cc3OC)nc(C)nc12)C1CC1. The Morgan fingerprint density at radius 3 is 2.68 bits per heavy atom. The largest absolute Gasteiger partial charge is 0.495 e. The van der Waals surface area contributed by atoms with Gasteiger partial charge in [0, 0.05) is 5.56 Å². The Morgan fingerprint density at radius 2 is 2.00 bits per heavy atom. The normalized spacial score (nSPS) is 15.0. The number of fused-ring (bicyclic) bond motifs is 1. The van der Waals surface area contributed by atoms with Gasteiger partial charge in [0.2, 0.25) is 5.95 Å². The highest BCUT2D eigenvalue weighted by Gasteiger charge is 2.34. The third-order valence-corrected chi connectivity index (χ3v) is 5.60. The number of ether oxygens (including phenoxy) is 1. The van der Waals surface area contributed by atoms with E-state index in [1.165, 1.54) is 31.2 Å². The Hall–Kier alpha value is -2.63. The minimum Gasteiger partial charge on any atom is -0.495 e. The van der Waals surface area contributed by atoms with E-state index in [4.69, 9.17) is 9.72 Å². The zero-order valence-corrected chi connectivity index (χ0v) is 17.4. The summed E-state index contributed by atoms with van der Waals surface area (Å²) in [5.74, 6) is 3.53. The molecule has 0 radical (unpaired) electrons. The van der Waals surface area contributed by atoms with Crippen LogP contribution in [0.2, 0.25) is 0 Å². The highest BCUT2D eigenvalue weighted by Crippen LogP contribution is 2.46. The lowest BCUT2D eigenvalue weighted by atomic mass is 9.92. The number of benzene rings is 1. The fraction of sp³-hybridized carbons (Fsp3) is 0.500. The third-order valence-electron chi connectivity index (χ3n) is 5.60. The van der Waals surface area contributed by atoms with Gasteiger partial charge in [0.05, 0.1) is 19.0 Å². The van der Waals surface area contributed by atoms with Crippen LogP contribution in [-0.4, -0.2) is 26.7 Å². The van der Waals surface area contributed by atoms with Gasteiger partial charge in [-0.3, -0.25) is 0 Å². The summed E-state index contributed by atoms with van der Waals surface area (Å²) in [4.78, 5) is 9.39. The molecule has 2 aromatic heterocycles. The second-order valence-electron chi connectivity index (χ2n) is 7.95. The highest BCUT2D eigenvalue weighted by molar-refractivity contribution is 5.69. The lowest BCUT2D eigenvalue weighted by molar-refractivity contribution is 0.416. The molecule has 1 atom stereocenters. The van der Waals surface area contributed by atoms with Crippen LogP contribution in [-0.2, 0) is 0 Å². The van der Waals surface area contributed by atoms with Crippen LogP contribution >= 0.6 is 0 Å². The maximum Gasteiger partial charge on any atom is 0.232 e. The van der Waals surface area contributed by atoms with Crippen molar-refractivity contribution in [3.63, 3.8) is 0 Å². The van der Waals surface area contributed by atoms with E-state index in [0.717, 1.165) is 40.0 Å². The number of nitrogens with zero attached hydrogens (tertiary/aromatic N) is 4. The number of hydrogen-bond donors (Lipinski definition) is 1. The average molecular weight is 380 g/mol. The highest BCUT2D eigenvalue weighted by atomic mass is 16.5. The van der Waals surface area contributed by atoms with E-state index in [-0.39, 0.29) is 0 Å². The zero-order chi connectivity index (χ0) is 19.8. The molecule has 0 bridgehead atoms. The molecule has 0 aliphatic heterocycles. The molecule has 148 valence electrons. The Morgan fingerprint density at radius 1 is 1.21 bits per heavy atom. The first-order valence-corrected chi connectivity index (χ1v) is 10.2. The van der Waals surface area contributed by atoms with Crippen LogP contribution in [0, 0.1) is 26.7 Å². The van der Waals surface area contributed by atoms with Crippen molar-refractivity contribution in [1.29, 1.82) is 0 Å². The van der Waals surface area contributed by atoms with E-state index >= 15 is 0 Å². The Labute approximate surface area is 166 Å². The molecule has 0 spiro atoms. The summed E-state index contributed by atoms with van der Waals surface area (Å²) in [5, 5.41) is 8.12. The zero-order valence-electron chi connectivity index (χ0n) is 17.4. The molecule has 4 rings (SSSR count). The Bertz CT molecular complexity index is 1010. The molecule has 2 heterocycles. The van der Waals surface area contributed by atoms with Crippen molar-refractivity contribution >= 4 is 17.3 Å². The van der Waals surface area contributed by atoms with Gasteiger partial charge in [-0.15, -0.1) is 0 Å². The first-order valence-electron chi connectivity index (χ1n) is 10.2. The van der Waals surface area contributed by atoms with Gasteiger partial charge in [-0.2, -0.15) is 14.6 Å². The maximum atomic E-state index is 5.60. The Balaban J connectivity index is 1.79. The second-order valence-corrected chi connectivity index (χ2v) is 7.95. The van der Waals surface area contributed by atoms with E-state index < -0.39 is 0 Å². The molecule has 1 aromatic carbocycles. The number of aryl methyl sites for hydroxylation is 3.